The Labute approximate surface area is 117 Å². The molecule has 1 rings (SSSR count). The van der Waals surface area contributed by atoms with Crippen LogP contribution in [0.25, 0.3) is 0 Å². The molecule has 0 aliphatic rings. The Balaban J connectivity index is 2.76. The number of alkyl halides is 3. The molecular weight excluding hydrogens is 325 g/mol. The number of carbonyl (C=O) groups is 1. The monoisotopic (exact) mass is 338 g/mol. The first-order valence-electron chi connectivity index (χ1n) is 5.52. The fourth-order valence-electron chi connectivity index (χ4n) is 1.43. The first-order valence-corrected chi connectivity index (χ1v) is 6.32. The second-order valence-electron chi connectivity index (χ2n) is 4.15. The van der Waals surface area contributed by atoms with Crippen LogP contribution in [-0.4, -0.2) is 31.4 Å². The molecule has 3 nitrogen and oxygen atoms in total. The third-order valence-corrected chi connectivity index (χ3v) is 2.93. The van der Waals surface area contributed by atoms with Gasteiger partial charge in [0.2, 0.25) is 5.91 Å². The van der Waals surface area contributed by atoms with Gasteiger partial charge in [0.25, 0.3) is 0 Å². The molecule has 0 aliphatic carbocycles. The van der Waals surface area contributed by atoms with Crippen molar-refractivity contribution in [3.63, 3.8) is 0 Å². The molecule has 0 saturated heterocycles. The van der Waals surface area contributed by atoms with Crippen LogP contribution in [0.3, 0.4) is 0 Å². The summed E-state index contributed by atoms with van der Waals surface area (Å²) in [5.41, 5.74) is -0.776. The molecule has 0 unspecified atom stereocenters. The zero-order valence-corrected chi connectivity index (χ0v) is 12.1. The lowest BCUT2D eigenvalue weighted by molar-refractivity contribution is -0.137. The highest BCUT2D eigenvalue weighted by Gasteiger charge is 2.33. The van der Waals surface area contributed by atoms with Crippen molar-refractivity contribution in [3.8, 4) is 0 Å². The number of halogens is 4. The lowest BCUT2D eigenvalue weighted by Crippen LogP contribution is -2.24. The van der Waals surface area contributed by atoms with E-state index in [-0.39, 0.29) is 24.6 Å². The summed E-state index contributed by atoms with van der Waals surface area (Å²) in [5.74, 6) is -0.141. The number of amides is 1. The lowest BCUT2D eigenvalue weighted by atomic mass is 10.1. The molecule has 0 aliphatic heterocycles. The van der Waals surface area contributed by atoms with Crippen molar-refractivity contribution in [3.05, 3.63) is 28.2 Å². The Bertz CT molecular complexity index is 461. The van der Waals surface area contributed by atoms with Gasteiger partial charge in [0, 0.05) is 37.2 Å². The molecule has 0 heterocycles. The van der Waals surface area contributed by atoms with Gasteiger partial charge in [-0.25, -0.2) is 0 Å². The fourth-order valence-corrected chi connectivity index (χ4v) is 1.79. The Morgan fingerprint density at radius 3 is 2.53 bits per heavy atom. The highest BCUT2D eigenvalue weighted by molar-refractivity contribution is 9.10. The number of benzene rings is 1. The summed E-state index contributed by atoms with van der Waals surface area (Å²) in [6, 6.07) is 3.87. The molecule has 1 aromatic carbocycles. The van der Waals surface area contributed by atoms with Crippen LogP contribution in [0.1, 0.15) is 12.0 Å². The van der Waals surface area contributed by atoms with Crippen LogP contribution in [0.15, 0.2) is 22.7 Å². The molecule has 0 radical (unpaired) electrons. The molecule has 1 amide bonds. The zero-order chi connectivity index (χ0) is 14.6. The van der Waals surface area contributed by atoms with E-state index in [0.29, 0.717) is 4.47 Å². The standard InChI is InChI=1S/C12H14BrF3N2O/c1-18(2)11(19)5-6-17-10-4-3-8(13)7-9(10)12(14,15)16/h3-4,7,17H,5-6H2,1-2H3. The lowest BCUT2D eigenvalue weighted by Gasteiger charge is -2.15. The summed E-state index contributed by atoms with van der Waals surface area (Å²) in [4.78, 5) is 12.7. The van der Waals surface area contributed by atoms with Crippen molar-refractivity contribution in [1.82, 2.24) is 4.90 Å². The molecule has 7 heteroatoms. The Kier molecular flexibility index (Phi) is 5.22. The first-order chi connectivity index (χ1) is 8.71. The molecule has 0 aromatic heterocycles. The van der Waals surface area contributed by atoms with Crippen LogP contribution >= 0.6 is 15.9 Å². The van der Waals surface area contributed by atoms with Crippen molar-refractivity contribution in [2.24, 2.45) is 0 Å². The van der Waals surface area contributed by atoms with Gasteiger partial charge >= 0.3 is 6.18 Å². The molecule has 0 saturated carbocycles. The quantitative estimate of drug-likeness (QED) is 0.912. The van der Waals surface area contributed by atoms with E-state index in [1.54, 1.807) is 14.1 Å². The molecule has 0 atom stereocenters. The minimum Gasteiger partial charge on any atom is -0.384 e. The topological polar surface area (TPSA) is 32.3 Å². The van der Waals surface area contributed by atoms with Gasteiger partial charge in [0.05, 0.1) is 5.56 Å². The minimum atomic E-state index is -4.43. The van der Waals surface area contributed by atoms with E-state index < -0.39 is 11.7 Å². The number of hydrogen-bond acceptors (Lipinski definition) is 2. The second kappa shape index (κ2) is 6.27. The second-order valence-corrected chi connectivity index (χ2v) is 5.07. The summed E-state index contributed by atoms with van der Waals surface area (Å²) in [7, 11) is 3.20. The van der Waals surface area contributed by atoms with Gasteiger partial charge in [-0.15, -0.1) is 0 Å². The van der Waals surface area contributed by atoms with Gasteiger partial charge in [-0.1, -0.05) is 15.9 Å². The molecular formula is C12H14BrF3N2O. The largest absolute Gasteiger partial charge is 0.418 e. The van der Waals surface area contributed by atoms with Crippen molar-refractivity contribution >= 4 is 27.5 Å². The molecule has 1 N–H and O–H groups in total. The summed E-state index contributed by atoms with van der Waals surface area (Å²) in [6.45, 7) is 0.154. The maximum atomic E-state index is 12.8. The van der Waals surface area contributed by atoms with Crippen LogP contribution < -0.4 is 5.32 Å². The van der Waals surface area contributed by atoms with Gasteiger partial charge in [-0.3, -0.25) is 4.79 Å². The van der Waals surface area contributed by atoms with Gasteiger partial charge < -0.3 is 10.2 Å². The average molecular weight is 339 g/mol. The van der Waals surface area contributed by atoms with Gasteiger partial charge in [-0.2, -0.15) is 13.2 Å². The number of carbonyl (C=O) groups excluding carboxylic acids is 1. The van der Waals surface area contributed by atoms with E-state index in [1.807, 2.05) is 0 Å². The van der Waals surface area contributed by atoms with Crippen molar-refractivity contribution in [2.45, 2.75) is 12.6 Å². The Morgan fingerprint density at radius 1 is 1.37 bits per heavy atom. The van der Waals surface area contributed by atoms with Gasteiger partial charge in [-0.05, 0) is 18.2 Å². The van der Waals surface area contributed by atoms with Crippen LogP contribution in [-0.2, 0) is 11.0 Å². The van der Waals surface area contributed by atoms with Crippen LogP contribution in [0.2, 0.25) is 0 Å². The normalized spacial score (nSPS) is 11.3. The fraction of sp³-hybridized carbons (Fsp3) is 0.417. The molecule has 106 valence electrons. The predicted octanol–water partition coefficient (Wildman–Crippen LogP) is 3.36. The van der Waals surface area contributed by atoms with Crippen LogP contribution in [0.5, 0.6) is 0 Å². The third-order valence-electron chi connectivity index (χ3n) is 2.44. The van der Waals surface area contributed by atoms with Crippen LogP contribution in [0, 0.1) is 0 Å². The summed E-state index contributed by atoms with van der Waals surface area (Å²) < 4.78 is 38.8. The molecule has 0 fully saturated rings. The summed E-state index contributed by atoms with van der Waals surface area (Å²) in [5, 5.41) is 2.64. The predicted molar refractivity (Wildman–Crippen MR) is 70.9 cm³/mol. The third kappa shape index (κ3) is 4.74. The number of hydrogen-bond donors (Lipinski definition) is 1. The Hall–Kier alpha value is -1.24. The van der Waals surface area contributed by atoms with E-state index >= 15 is 0 Å². The maximum Gasteiger partial charge on any atom is 0.418 e. The molecule has 1 aromatic rings. The van der Waals surface area contributed by atoms with Gasteiger partial charge in [0.15, 0.2) is 0 Å². The molecule has 19 heavy (non-hydrogen) atoms. The Morgan fingerprint density at radius 2 is 2.00 bits per heavy atom. The van der Waals surface area contributed by atoms with Crippen molar-refractivity contribution < 1.29 is 18.0 Å². The van der Waals surface area contributed by atoms with Crippen molar-refractivity contribution in [2.75, 3.05) is 26.0 Å². The van der Waals surface area contributed by atoms with E-state index in [9.17, 15) is 18.0 Å². The highest BCUT2D eigenvalue weighted by Crippen LogP contribution is 2.36. The number of rotatable bonds is 4. The number of nitrogens with one attached hydrogen (secondary N) is 1. The van der Waals surface area contributed by atoms with Crippen molar-refractivity contribution in [1.29, 1.82) is 0 Å². The van der Waals surface area contributed by atoms with Gasteiger partial charge in [0.1, 0.15) is 0 Å². The number of nitrogens with zero attached hydrogens (tertiary/aromatic N) is 1. The molecule has 0 bridgehead atoms. The number of anilines is 1. The van der Waals surface area contributed by atoms with E-state index in [1.165, 1.54) is 17.0 Å². The van der Waals surface area contributed by atoms with E-state index in [0.717, 1.165) is 6.07 Å². The smallest absolute Gasteiger partial charge is 0.384 e. The average Bonchev–Trinajstić information content (AvgIpc) is 2.29. The maximum absolute atomic E-state index is 12.8. The van der Waals surface area contributed by atoms with Crippen LogP contribution in [0.4, 0.5) is 18.9 Å². The summed E-state index contributed by atoms with van der Waals surface area (Å²) in [6.07, 6.45) is -4.29. The summed E-state index contributed by atoms with van der Waals surface area (Å²) >= 11 is 3.01. The molecule has 0 spiro atoms. The first kappa shape index (κ1) is 15.8. The van der Waals surface area contributed by atoms with E-state index in [4.69, 9.17) is 0 Å². The van der Waals surface area contributed by atoms with E-state index in [2.05, 4.69) is 21.2 Å². The highest BCUT2D eigenvalue weighted by atomic mass is 79.9. The minimum absolute atomic E-state index is 0.0257. The zero-order valence-electron chi connectivity index (χ0n) is 10.5. The SMILES string of the molecule is CN(C)C(=O)CCNc1ccc(Br)cc1C(F)(F)F.